The number of Topliss-reactive ketones (excluding diaryl/α,β-unsaturated/α-hetero) is 1. The van der Waals surface area contributed by atoms with Gasteiger partial charge in [-0.1, -0.05) is 0 Å². The van der Waals surface area contributed by atoms with Gasteiger partial charge in [0.25, 0.3) is 5.91 Å². The van der Waals surface area contributed by atoms with Crippen molar-refractivity contribution < 1.29 is 18.4 Å². The van der Waals surface area contributed by atoms with Crippen molar-refractivity contribution in [3.63, 3.8) is 0 Å². The van der Waals surface area contributed by atoms with Crippen LogP contribution in [0.25, 0.3) is 0 Å². The van der Waals surface area contributed by atoms with Crippen molar-refractivity contribution in [3.8, 4) is 0 Å². The Bertz CT molecular complexity index is 1010. The van der Waals surface area contributed by atoms with Gasteiger partial charge in [-0.25, -0.2) is 18.7 Å². The molecular weight excluding hydrogens is 354 g/mol. The Morgan fingerprint density at radius 1 is 0.963 bits per heavy atom. The number of carbonyl (C=O) groups is 2. The molecule has 0 saturated carbocycles. The first kappa shape index (κ1) is 18.1. The van der Waals surface area contributed by atoms with Crippen LogP contribution >= 0.6 is 0 Å². The monoisotopic (exact) mass is 368 g/mol. The topological polar surface area (TPSA) is 84.0 Å². The number of hydrogen-bond acceptors (Lipinski definition) is 5. The van der Waals surface area contributed by atoms with Gasteiger partial charge in [-0.3, -0.25) is 9.59 Å². The molecule has 0 bridgehead atoms. The summed E-state index contributed by atoms with van der Waals surface area (Å²) in [4.78, 5) is 31.4. The minimum atomic E-state index is -0.787. The van der Waals surface area contributed by atoms with Crippen LogP contribution < -0.4 is 10.6 Å². The summed E-state index contributed by atoms with van der Waals surface area (Å²) in [5.41, 5.74) is 1.08. The van der Waals surface area contributed by atoms with Crippen LogP contribution in [0.4, 0.5) is 26.0 Å². The second-order valence-electron chi connectivity index (χ2n) is 5.63. The molecule has 0 fully saturated rings. The van der Waals surface area contributed by atoms with E-state index in [-0.39, 0.29) is 23.0 Å². The van der Waals surface area contributed by atoms with Crippen molar-refractivity contribution in [3.05, 3.63) is 77.8 Å². The molecule has 1 heterocycles. The highest BCUT2D eigenvalue weighted by Crippen LogP contribution is 2.20. The summed E-state index contributed by atoms with van der Waals surface area (Å²) in [6.45, 7) is 1.45. The van der Waals surface area contributed by atoms with Crippen molar-refractivity contribution in [1.82, 2.24) is 9.97 Å². The van der Waals surface area contributed by atoms with Gasteiger partial charge in [-0.2, -0.15) is 0 Å². The van der Waals surface area contributed by atoms with E-state index in [9.17, 15) is 18.4 Å². The number of carbonyl (C=O) groups excluding carboxylic acids is 2. The summed E-state index contributed by atoms with van der Waals surface area (Å²) in [5, 5.41) is 5.31. The number of aromatic nitrogens is 2. The molecule has 136 valence electrons. The van der Waals surface area contributed by atoms with E-state index in [1.54, 1.807) is 24.3 Å². The van der Waals surface area contributed by atoms with Crippen molar-refractivity contribution in [2.45, 2.75) is 6.92 Å². The molecule has 0 aliphatic rings. The highest BCUT2D eigenvalue weighted by molar-refractivity contribution is 6.03. The predicted octanol–water partition coefficient (Wildman–Crippen LogP) is 3.95. The molecule has 27 heavy (non-hydrogen) atoms. The Kier molecular flexibility index (Phi) is 5.16. The minimum absolute atomic E-state index is 0.0151. The quantitative estimate of drug-likeness (QED) is 0.666. The number of halogens is 2. The molecule has 3 rings (SSSR count). The first-order valence-corrected chi connectivity index (χ1v) is 7.89. The lowest BCUT2D eigenvalue weighted by Crippen LogP contribution is -2.14. The van der Waals surface area contributed by atoms with Gasteiger partial charge in [0.1, 0.15) is 29.5 Å². The van der Waals surface area contributed by atoms with E-state index in [1.165, 1.54) is 19.1 Å². The van der Waals surface area contributed by atoms with E-state index < -0.39 is 17.5 Å². The third kappa shape index (κ3) is 4.49. The summed E-state index contributed by atoms with van der Waals surface area (Å²) < 4.78 is 26.7. The zero-order valence-corrected chi connectivity index (χ0v) is 14.2. The molecule has 8 heteroatoms. The highest BCUT2D eigenvalue weighted by atomic mass is 19.1. The summed E-state index contributed by atoms with van der Waals surface area (Å²) in [6, 6.07) is 10.8. The van der Waals surface area contributed by atoms with Crippen LogP contribution in [0.15, 0.2) is 54.9 Å². The summed E-state index contributed by atoms with van der Waals surface area (Å²) in [6.07, 6.45) is 1.15. The second-order valence-corrected chi connectivity index (χ2v) is 5.63. The Morgan fingerprint density at radius 2 is 1.70 bits per heavy atom. The third-order valence-corrected chi connectivity index (χ3v) is 3.64. The van der Waals surface area contributed by atoms with E-state index in [1.807, 2.05) is 0 Å². The van der Waals surface area contributed by atoms with Gasteiger partial charge < -0.3 is 10.6 Å². The number of nitrogens with one attached hydrogen (secondary N) is 2. The van der Waals surface area contributed by atoms with Crippen LogP contribution in [-0.4, -0.2) is 21.7 Å². The minimum Gasteiger partial charge on any atom is -0.338 e. The molecule has 2 N–H and O–H groups in total. The van der Waals surface area contributed by atoms with Gasteiger partial charge in [-0.15, -0.1) is 0 Å². The maximum Gasteiger partial charge on any atom is 0.274 e. The van der Waals surface area contributed by atoms with Gasteiger partial charge in [0.2, 0.25) is 0 Å². The van der Waals surface area contributed by atoms with Gasteiger partial charge in [0.15, 0.2) is 5.78 Å². The molecule has 1 aromatic heterocycles. The van der Waals surface area contributed by atoms with Crippen LogP contribution in [0.5, 0.6) is 0 Å². The lowest BCUT2D eigenvalue weighted by atomic mass is 10.1. The highest BCUT2D eigenvalue weighted by Gasteiger charge is 2.11. The smallest absolute Gasteiger partial charge is 0.274 e. The molecule has 0 radical (unpaired) electrons. The zero-order chi connectivity index (χ0) is 19.4. The normalized spacial score (nSPS) is 10.3. The van der Waals surface area contributed by atoms with E-state index >= 15 is 0 Å². The van der Waals surface area contributed by atoms with Crippen LogP contribution in [0, 0.1) is 11.6 Å². The van der Waals surface area contributed by atoms with Crippen molar-refractivity contribution in [2.24, 2.45) is 0 Å². The zero-order valence-electron chi connectivity index (χ0n) is 14.2. The Balaban J connectivity index is 1.74. The van der Waals surface area contributed by atoms with E-state index in [0.717, 1.165) is 18.5 Å². The largest absolute Gasteiger partial charge is 0.338 e. The molecule has 0 saturated heterocycles. The Morgan fingerprint density at radius 3 is 2.37 bits per heavy atom. The number of rotatable bonds is 5. The summed E-state index contributed by atoms with van der Waals surface area (Å²) in [7, 11) is 0. The molecule has 0 unspecified atom stereocenters. The average molecular weight is 368 g/mol. The molecule has 0 aliphatic carbocycles. The molecule has 3 aromatic rings. The lowest BCUT2D eigenvalue weighted by Gasteiger charge is -2.09. The van der Waals surface area contributed by atoms with Gasteiger partial charge in [0, 0.05) is 23.4 Å². The third-order valence-electron chi connectivity index (χ3n) is 3.64. The van der Waals surface area contributed by atoms with Crippen LogP contribution in [0.1, 0.15) is 27.8 Å². The fourth-order valence-electron chi connectivity index (χ4n) is 2.26. The fourth-order valence-corrected chi connectivity index (χ4v) is 2.26. The number of nitrogens with zero attached hydrogens (tertiary/aromatic N) is 2. The average Bonchev–Trinajstić information content (AvgIpc) is 2.65. The van der Waals surface area contributed by atoms with Gasteiger partial charge in [0.05, 0.1) is 5.69 Å². The maximum atomic E-state index is 13.7. The van der Waals surface area contributed by atoms with Crippen LogP contribution in [0.2, 0.25) is 0 Å². The SMILES string of the molecule is CC(=O)c1ccc(NC(=O)c2cc(Nc3ccc(F)cc3F)ncn2)cc1. The second kappa shape index (κ2) is 7.69. The molecule has 6 nitrogen and oxygen atoms in total. The number of hydrogen-bond donors (Lipinski definition) is 2. The number of amides is 1. The molecule has 1 amide bonds. The van der Waals surface area contributed by atoms with E-state index in [0.29, 0.717) is 11.3 Å². The summed E-state index contributed by atoms with van der Waals surface area (Å²) in [5.74, 6) is -1.89. The van der Waals surface area contributed by atoms with E-state index in [4.69, 9.17) is 0 Å². The van der Waals surface area contributed by atoms with Crippen molar-refractivity contribution >= 4 is 28.9 Å². The first-order chi connectivity index (χ1) is 12.9. The lowest BCUT2D eigenvalue weighted by molar-refractivity contribution is 0.101. The van der Waals surface area contributed by atoms with Crippen LogP contribution in [-0.2, 0) is 0 Å². The molecule has 0 atom stereocenters. The Labute approximate surface area is 153 Å². The van der Waals surface area contributed by atoms with Gasteiger partial charge >= 0.3 is 0 Å². The number of ketones is 1. The number of anilines is 3. The van der Waals surface area contributed by atoms with Crippen LogP contribution in [0.3, 0.4) is 0 Å². The molecule has 0 aliphatic heterocycles. The number of benzene rings is 2. The first-order valence-electron chi connectivity index (χ1n) is 7.89. The Hall–Kier alpha value is -3.68. The van der Waals surface area contributed by atoms with Crippen molar-refractivity contribution in [2.75, 3.05) is 10.6 Å². The molecule has 0 spiro atoms. The molecule has 2 aromatic carbocycles. The molecular formula is C19H14F2N4O2. The van der Waals surface area contributed by atoms with Gasteiger partial charge in [-0.05, 0) is 43.3 Å². The fraction of sp³-hybridized carbons (Fsp3) is 0.0526. The van der Waals surface area contributed by atoms with Crippen molar-refractivity contribution in [1.29, 1.82) is 0 Å². The van der Waals surface area contributed by atoms with E-state index in [2.05, 4.69) is 20.6 Å². The predicted molar refractivity (Wildman–Crippen MR) is 96.1 cm³/mol. The maximum absolute atomic E-state index is 13.7. The summed E-state index contributed by atoms with van der Waals surface area (Å²) >= 11 is 0. The standard InChI is InChI=1S/C19H14F2N4O2/c1-11(26)12-2-5-14(6-3-12)24-19(27)17-9-18(23-10-22-17)25-16-7-4-13(20)8-15(16)21/h2-10H,1H3,(H,24,27)(H,22,23,25).